The number of aromatic carboxylic acids is 1. The molecule has 0 bridgehead atoms. The summed E-state index contributed by atoms with van der Waals surface area (Å²) in [6.07, 6.45) is 3.94. The van der Waals surface area contributed by atoms with Gasteiger partial charge in [-0.3, -0.25) is 0 Å². The Hall–Kier alpha value is -1.51. The van der Waals surface area contributed by atoms with Gasteiger partial charge in [0, 0.05) is 11.7 Å². The lowest BCUT2D eigenvalue weighted by molar-refractivity contribution is 0.0697. The predicted molar refractivity (Wildman–Crippen MR) is 68.6 cm³/mol. The summed E-state index contributed by atoms with van der Waals surface area (Å²) in [6.45, 7) is 4.13. The molecule has 0 heterocycles. The Kier molecular flexibility index (Phi) is 3.36. The molecule has 2 N–H and O–H groups in total. The number of nitrogens with one attached hydrogen (secondary N) is 1. The summed E-state index contributed by atoms with van der Waals surface area (Å²) >= 11 is 0. The number of hydrogen-bond donors (Lipinski definition) is 2. The highest BCUT2D eigenvalue weighted by molar-refractivity contribution is 5.88. The topological polar surface area (TPSA) is 49.3 Å². The molecule has 2 rings (SSSR count). The molecule has 0 aromatic heterocycles. The highest BCUT2D eigenvalue weighted by Crippen LogP contribution is 2.34. The molecule has 1 unspecified atom stereocenters. The SMILES string of the molecule is Cc1cc(C(=O)O)ccc1NC(C)CC1CC1. The Morgan fingerprint density at radius 1 is 1.53 bits per heavy atom. The Bertz CT molecular complexity index is 424. The number of hydrogen-bond acceptors (Lipinski definition) is 2. The molecule has 1 aromatic rings. The lowest BCUT2D eigenvalue weighted by Crippen LogP contribution is -2.16. The van der Waals surface area contributed by atoms with Crippen LogP contribution in [0, 0.1) is 12.8 Å². The van der Waals surface area contributed by atoms with E-state index >= 15 is 0 Å². The van der Waals surface area contributed by atoms with Crippen LogP contribution in [0.5, 0.6) is 0 Å². The Morgan fingerprint density at radius 3 is 2.76 bits per heavy atom. The van der Waals surface area contributed by atoms with E-state index in [0.717, 1.165) is 17.2 Å². The Labute approximate surface area is 102 Å². The number of carboxylic acid groups (broad SMARTS) is 1. The van der Waals surface area contributed by atoms with Gasteiger partial charge < -0.3 is 10.4 Å². The molecule has 0 aliphatic heterocycles. The van der Waals surface area contributed by atoms with Crippen molar-refractivity contribution in [3.05, 3.63) is 29.3 Å². The van der Waals surface area contributed by atoms with E-state index in [9.17, 15) is 4.79 Å². The molecule has 17 heavy (non-hydrogen) atoms. The summed E-state index contributed by atoms with van der Waals surface area (Å²) < 4.78 is 0. The number of anilines is 1. The van der Waals surface area contributed by atoms with Crippen LogP contribution in [0.2, 0.25) is 0 Å². The lowest BCUT2D eigenvalue weighted by atomic mass is 10.1. The summed E-state index contributed by atoms with van der Waals surface area (Å²) in [5.41, 5.74) is 2.39. The zero-order valence-corrected chi connectivity index (χ0v) is 10.4. The second-order valence-electron chi connectivity index (χ2n) is 5.06. The minimum Gasteiger partial charge on any atom is -0.478 e. The fourth-order valence-electron chi connectivity index (χ4n) is 2.14. The standard InChI is InChI=1S/C14H19NO2/c1-9-7-12(14(16)17)5-6-13(9)15-10(2)8-11-3-4-11/h5-7,10-11,15H,3-4,8H2,1-2H3,(H,16,17). The second kappa shape index (κ2) is 4.78. The molecular formula is C14H19NO2. The average Bonchev–Trinajstić information content (AvgIpc) is 3.04. The van der Waals surface area contributed by atoms with Crippen LogP contribution in [0.15, 0.2) is 18.2 Å². The summed E-state index contributed by atoms with van der Waals surface area (Å²) in [5.74, 6) is 0.0294. The van der Waals surface area contributed by atoms with Crippen molar-refractivity contribution in [1.29, 1.82) is 0 Å². The lowest BCUT2D eigenvalue weighted by Gasteiger charge is -2.17. The molecule has 0 radical (unpaired) electrons. The van der Waals surface area contributed by atoms with Crippen LogP contribution in [0.1, 0.15) is 42.1 Å². The van der Waals surface area contributed by atoms with Gasteiger partial charge in [-0.1, -0.05) is 12.8 Å². The van der Waals surface area contributed by atoms with Gasteiger partial charge in [0.2, 0.25) is 0 Å². The summed E-state index contributed by atoms with van der Waals surface area (Å²) in [7, 11) is 0. The predicted octanol–water partition coefficient (Wildman–Crippen LogP) is 3.29. The Morgan fingerprint density at radius 2 is 2.24 bits per heavy atom. The highest BCUT2D eigenvalue weighted by Gasteiger charge is 2.23. The summed E-state index contributed by atoms with van der Waals surface area (Å²) in [6, 6.07) is 5.69. The maximum absolute atomic E-state index is 10.8. The number of rotatable bonds is 5. The van der Waals surface area contributed by atoms with E-state index in [1.54, 1.807) is 12.1 Å². The number of aryl methyl sites for hydroxylation is 1. The van der Waals surface area contributed by atoms with E-state index in [1.807, 2.05) is 13.0 Å². The molecule has 1 fully saturated rings. The van der Waals surface area contributed by atoms with E-state index < -0.39 is 5.97 Å². The molecule has 1 aliphatic rings. The van der Waals surface area contributed by atoms with Crippen LogP contribution in [0.3, 0.4) is 0 Å². The van der Waals surface area contributed by atoms with Crippen molar-refractivity contribution in [3.8, 4) is 0 Å². The van der Waals surface area contributed by atoms with Gasteiger partial charge in [-0.15, -0.1) is 0 Å². The summed E-state index contributed by atoms with van der Waals surface area (Å²) in [4.78, 5) is 10.8. The first kappa shape index (κ1) is 12.0. The maximum Gasteiger partial charge on any atom is 0.335 e. The molecule has 3 nitrogen and oxygen atoms in total. The molecule has 1 aromatic carbocycles. The number of carbonyl (C=O) groups is 1. The first-order valence-corrected chi connectivity index (χ1v) is 6.16. The van der Waals surface area contributed by atoms with Crippen LogP contribution in [-0.2, 0) is 0 Å². The first-order chi connectivity index (χ1) is 8.06. The van der Waals surface area contributed by atoms with Crippen molar-refractivity contribution in [2.45, 2.75) is 39.2 Å². The molecule has 0 saturated heterocycles. The van der Waals surface area contributed by atoms with E-state index in [4.69, 9.17) is 5.11 Å². The summed E-state index contributed by atoms with van der Waals surface area (Å²) in [5, 5.41) is 12.3. The van der Waals surface area contributed by atoms with Gasteiger partial charge in [-0.2, -0.15) is 0 Å². The van der Waals surface area contributed by atoms with E-state index in [2.05, 4.69) is 12.2 Å². The number of carboxylic acids is 1. The van der Waals surface area contributed by atoms with Gasteiger partial charge >= 0.3 is 5.97 Å². The van der Waals surface area contributed by atoms with Crippen LogP contribution in [-0.4, -0.2) is 17.1 Å². The Balaban J connectivity index is 2.02. The van der Waals surface area contributed by atoms with Crippen molar-refractivity contribution in [1.82, 2.24) is 0 Å². The quantitative estimate of drug-likeness (QED) is 0.820. The molecule has 1 atom stereocenters. The fraction of sp³-hybridized carbons (Fsp3) is 0.500. The van der Waals surface area contributed by atoms with Crippen LogP contribution in [0.25, 0.3) is 0 Å². The second-order valence-corrected chi connectivity index (χ2v) is 5.06. The van der Waals surface area contributed by atoms with Crippen LogP contribution < -0.4 is 5.32 Å². The molecule has 3 heteroatoms. The molecule has 1 aliphatic carbocycles. The van der Waals surface area contributed by atoms with Crippen molar-refractivity contribution in [3.63, 3.8) is 0 Å². The van der Waals surface area contributed by atoms with Gasteiger partial charge in [-0.05, 0) is 49.9 Å². The monoisotopic (exact) mass is 233 g/mol. The normalized spacial score (nSPS) is 16.6. The first-order valence-electron chi connectivity index (χ1n) is 6.16. The zero-order valence-electron chi connectivity index (χ0n) is 10.4. The maximum atomic E-state index is 10.8. The minimum absolute atomic E-state index is 0.350. The van der Waals surface area contributed by atoms with Gasteiger partial charge in [-0.25, -0.2) is 4.79 Å². The smallest absolute Gasteiger partial charge is 0.335 e. The highest BCUT2D eigenvalue weighted by atomic mass is 16.4. The minimum atomic E-state index is -0.870. The third-order valence-electron chi connectivity index (χ3n) is 3.26. The third-order valence-corrected chi connectivity index (χ3v) is 3.26. The van der Waals surface area contributed by atoms with E-state index in [-0.39, 0.29) is 0 Å². The van der Waals surface area contributed by atoms with Crippen molar-refractivity contribution >= 4 is 11.7 Å². The van der Waals surface area contributed by atoms with Crippen LogP contribution >= 0.6 is 0 Å². The van der Waals surface area contributed by atoms with Gasteiger partial charge in [0.05, 0.1) is 5.56 Å². The molecule has 0 amide bonds. The molecule has 0 spiro atoms. The van der Waals surface area contributed by atoms with Crippen molar-refractivity contribution < 1.29 is 9.90 Å². The number of benzene rings is 1. The zero-order chi connectivity index (χ0) is 12.4. The average molecular weight is 233 g/mol. The van der Waals surface area contributed by atoms with Gasteiger partial charge in [0.15, 0.2) is 0 Å². The van der Waals surface area contributed by atoms with E-state index in [0.29, 0.717) is 11.6 Å². The van der Waals surface area contributed by atoms with E-state index in [1.165, 1.54) is 19.3 Å². The van der Waals surface area contributed by atoms with Crippen molar-refractivity contribution in [2.24, 2.45) is 5.92 Å². The largest absolute Gasteiger partial charge is 0.478 e. The fourth-order valence-corrected chi connectivity index (χ4v) is 2.14. The third kappa shape index (κ3) is 3.22. The van der Waals surface area contributed by atoms with Gasteiger partial charge in [0.1, 0.15) is 0 Å². The molecule has 92 valence electrons. The van der Waals surface area contributed by atoms with Gasteiger partial charge in [0.25, 0.3) is 0 Å². The molecular weight excluding hydrogens is 214 g/mol. The van der Waals surface area contributed by atoms with Crippen molar-refractivity contribution in [2.75, 3.05) is 5.32 Å². The molecule has 1 saturated carbocycles. The van der Waals surface area contributed by atoms with Crippen LogP contribution in [0.4, 0.5) is 5.69 Å².